The molecule has 1 aromatic rings. The molecule has 3 nitrogen and oxygen atoms in total. The molecule has 2 heterocycles. The Bertz CT molecular complexity index is 198. The highest BCUT2D eigenvalue weighted by molar-refractivity contribution is 5.48. The molecule has 1 aliphatic rings. The van der Waals surface area contributed by atoms with Crippen LogP contribution < -0.4 is 5.32 Å². The summed E-state index contributed by atoms with van der Waals surface area (Å²) in [7, 11) is 0. The predicted octanol–water partition coefficient (Wildman–Crippen LogP) is 0.245. The maximum atomic E-state index is 4.05. The van der Waals surface area contributed by atoms with E-state index in [2.05, 4.69) is 21.5 Å². The number of hydrogen-bond donors (Lipinski definition) is 1. The van der Waals surface area contributed by atoms with Crippen LogP contribution in [0.3, 0.4) is 0 Å². The number of fused-ring (bicyclic) bond motifs is 1. The zero-order valence-corrected chi connectivity index (χ0v) is 4.89. The highest BCUT2D eigenvalue weighted by Gasteiger charge is 2.09. The first kappa shape index (κ1) is 4.73. The number of nitrogens with zero attached hydrogens (tertiary/aromatic N) is 2. The van der Waals surface area contributed by atoms with E-state index in [4.69, 9.17) is 0 Å². The van der Waals surface area contributed by atoms with Crippen molar-refractivity contribution >= 4 is 5.69 Å². The second-order valence-corrected chi connectivity index (χ2v) is 1.98. The fourth-order valence-electron chi connectivity index (χ4n) is 0.958. The minimum Gasteiger partial charge on any atom is -0.381 e. The third-order valence-electron chi connectivity index (χ3n) is 1.40. The van der Waals surface area contributed by atoms with E-state index in [1.54, 1.807) is 0 Å². The van der Waals surface area contributed by atoms with Crippen LogP contribution in [-0.2, 0) is 6.42 Å². The number of aromatic nitrogens is 2. The Balaban J connectivity index is 2.54. The summed E-state index contributed by atoms with van der Waals surface area (Å²) in [4.78, 5) is 7.81. The van der Waals surface area contributed by atoms with Gasteiger partial charge in [0.05, 0.1) is 11.4 Å². The lowest BCUT2D eigenvalue weighted by Gasteiger charge is -1.91. The molecular formula is C6H6N3. The monoisotopic (exact) mass is 120 g/mol. The van der Waals surface area contributed by atoms with Crippen molar-refractivity contribution in [3.8, 4) is 0 Å². The van der Waals surface area contributed by atoms with Gasteiger partial charge in [-0.1, -0.05) is 0 Å². The zero-order valence-electron chi connectivity index (χ0n) is 4.89. The van der Waals surface area contributed by atoms with Crippen molar-refractivity contribution in [3.05, 3.63) is 18.2 Å². The van der Waals surface area contributed by atoms with E-state index in [-0.39, 0.29) is 0 Å². The van der Waals surface area contributed by atoms with Gasteiger partial charge in [0.15, 0.2) is 0 Å². The predicted molar refractivity (Wildman–Crippen MR) is 33.1 cm³/mol. The second kappa shape index (κ2) is 1.69. The largest absolute Gasteiger partial charge is 0.381 e. The van der Waals surface area contributed by atoms with Crippen molar-refractivity contribution in [1.29, 1.82) is 0 Å². The quantitative estimate of drug-likeness (QED) is 0.533. The Morgan fingerprint density at radius 2 is 2.67 bits per heavy atom. The van der Waals surface area contributed by atoms with E-state index in [9.17, 15) is 0 Å². The summed E-state index contributed by atoms with van der Waals surface area (Å²) in [5, 5.41) is 3.12. The highest BCUT2D eigenvalue weighted by atomic mass is 15.0. The maximum Gasteiger partial charge on any atom is 0.118 e. The van der Waals surface area contributed by atoms with Crippen molar-refractivity contribution in [2.45, 2.75) is 6.42 Å². The van der Waals surface area contributed by atoms with Crippen LogP contribution in [0.2, 0.25) is 0 Å². The number of rotatable bonds is 0. The number of nitrogens with one attached hydrogen (secondary N) is 1. The summed E-state index contributed by atoms with van der Waals surface area (Å²) in [6.45, 7) is 0.977. The molecule has 1 N–H and O–H groups in total. The molecule has 0 amide bonds. The topological polar surface area (TPSA) is 37.8 Å². The van der Waals surface area contributed by atoms with Crippen LogP contribution in [0, 0.1) is 6.20 Å². The van der Waals surface area contributed by atoms with E-state index in [1.165, 1.54) is 6.33 Å². The molecule has 1 aromatic heterocycles. The Morgan fingerprint density at radius 1 is 1.67 bits per heavy atom. The van der Waals surface area contributed by atoms with E-state index < -0.39 is 0 Å². The molecule has 9 heavy (non-hydrogen) atoms. The molecule has 1 aliphatic heterocycles. The summed E-state index contributed by atoms with van der Waals surface area (Å²) < 4.78 is 0. The van der Waals surface area contributed by atoms with Gasteiger partial charge in [0.25, 0.3) is 0 Å². The molecule has 0 aliphatic carbocycles. The lowest BCUT2D eigenvalue weighted by Crippen LogP contribution is -1.91. The van der Waals surface area contributed by atoms with E-state index in [0.717, 1.165) is 24.3 Å². The van der Waals surface area contributed by atoms with Crippen molar-refractivity contribution in [1.82, 2.24) is 9.97 Å². The lowest BCUT2D eigenvalue weighted by atomic mass is 10.3. The van der Waals surface area contributed by atoms with Gasteiger partial charge in [-0.05, 0) is 0 Å². The van der Waals surface area contributed by atoms with Gasteiger partial charge in [0.2, 0.25) is 0 Å². The van der Waals surface area contributed by atoms with E-state index in [0.29, 0.717) is 0 Å². The first-order valence-electron chi connectivity index (χ1n) is 2.92. The summed E-state index contributed by atoms with van der Waals surface area (Å²) in [6.07, 6.45) is 5.37. The van der Waals surface area contributed by atoms with Crippen LogP contribution in [0.25, 0.3) is 0 Å². The van der Waals surface area contributed by atoms with Crippen molar-refractivity contribution in [3.63, 3.8) is 0 Å². The molecule has 0 saturated carbocycles. The van der Waals surface area contributed by atoms with Gasteiger partial charge >= 0.3 is 0 Å². The van der Waals surface area contributed by atoms with Crippen LogP contribution in [0.5, 0.6) is 0 Å². The normalized spacial score (nSPS) is 14.7. The standard InChI is InChI=1S/C6H6N3/c1-2-8-6-3-7-4-9-5(1)6/h4,8H,1-2H2. The van der Waals surface area contributed by atoms with Gasteiger partial charge in [0, 0.05) is 13.0 Å². The second-order valence-electron chi connectivity index (χ2n) is 1.98. The summed E-state index contributed by atoms with van der Waals surface area (Å²) >= 11 is 0. The molecular weight excluding hydrogens is 114 g/mol. The lowest BCUT2D eigenvalue weighted by molar-refractivity contribution is 1.02. The molecule has 1 radical (unpaired) electrons. The van der Waals surface area contributed by atoms with Crippen LogP contribution in [0.1, 0.15) is 5.69 Å². The van der Waals surface area contributed by atoms with Gasteiger partial charge in [0.1, 0.15) is 12.5 Å². The Morgan fingerprint density at radius 3 is 3.56 bits per heavy atom. The molecule has 2 rings (SSSR count). The molecule has 45 valence electrons. The van der Waals surface area contributed by atoms with Gasteiger partial charge < -0.3 is 5.32 Å². The third kappa shape index (κ3) is 0.650. The summed E-state index contributed by atoms with van der Waals surface area (Å²) in [6, 6.07) is 0. The molecule has 0 fully saturated rings. The number of anilines is 1. The average Bonchev–Trinajstić information content (AvgIpc) is 2.33. The molecule has 0 bridgehead atoms. The third-order valence-corrected chi connectivity index (χ3v) is 1.40. The van der Waals surface area contributed by atoms with Crippen LogP contribution in [-0.4, -0.2) is 16.5 Å². The minimum atomic E-state index is 0.970. The Hall–Kier alpha value is -1.12. The smallest absolute Gasteiger partial charge is 0.118 e. The first-order valence-corrected chi connectivity index (χ1v) is 2.92. The minimum absolute atomic E-state index is 0.970. The Kier molecular flexibility index (Phi) is 0.886. The van der Waals surface area contributed by atoms with E-state index in [1.807, 2.05) is 0 Å². The highest BCUT2D eigenvalue weighted by Crippen LogP contribution is 2.15. The van der Waals surface area contributed by atoms with Gasteiger partial charge in [-0.25, -0.2) is 9.97 Å². The molecule has 0 unspecified atom stereocenters. The van der Waals surface area contributed by atoms with Gasteiger partial charge in [-0.3, -0.25) is 0 Å². The molecule has 0 aromatic carbocycles. The van der Waals surface area contributed by atoms with Crippen molar-refractivity contribution in [2.75, 3.05) is 11.9 Å². The van der Waals surface area contributed by atoms with Gasteiger partial charge in [-0.2, -0.15) is 0 Å². The fraction of sp³-hybridized carbons (Fsp3) is 0.333. The summed E-state index contributed by atoms with van der Waals surface area (Å²) in [5.41, 5.74) is 2.06. The SMILES string of the molecule is [c]1ncnc2c1NCC2. The molecule has 3 heteroatoms. The molecule has 0 spiro atoms. The van der Waals surface area contributed by atoms with E-state index >= 15 is 0 Å². The summed E-state index contributed by atoms with van der Waals surface area (Å²) in [5.74, 6) is 0. The molecule has 0 atom stereocenters. The van der Waals surface area contributed by atoms with Crippen molar-refractivity contribution in [2.24, 2.45) is 0 Å². The van der Waals surface area contributed by atoms with Gasteiger partial charge in [-0.15, -0.1) is 0 Å². The average molecular weight is 120 g/mol. The van der Waals surface area contributed by atoms with Crippen molar-refractivity contribution < 1.29 is 0 Å². The number of hydrogen-bond acceptors (Lipinski definition) is 3. The van der Waals surface area contributed by atoms with Crippen LogP contribution in [0.15, 0.2) is 6.33 Å². The molecule has 0 saturated heterocycles. The van der Waals surface area contributed by atoms with Crippen LogP contribution >= 0.6 is 0 Å². The maximum absolute atomic E-state index is 4.05. The zero-order chi connectivity index (χ0) is 6.10. The van der Waals surface area contributed by atoms with Crippen LogP contribution in [0.4, 0.5) is 5.69 Å². The Labute approximate surface area is 53.1 Å². The fourth-order valence-corrected chi connectivity index (χ4v) is 0.958. The first-order chi connectivity index (χ1) is 4.47.